The maximum absolute atomic E-state index is 12.8. The molecule has 4 nitrogen and oxygen atoms in total. The summed E-state index contributed by atoms with van der Waals surface area (Å²) in [5.74, 6) is 1.54. The highest BCUT2D eigenvalue weighted by Crippen LogP contribution is 2.30. The molecule has 2 rings (SSSR count). The normalized spacial score (nSPS) is 31.8. The first-order valence-electron chi connectivity index (χ1n) is 8.35. The van der Waals surface area contributed by atoms with Crippen LogP contribution < -0.4 is 5.32 Å². The Balaban J connectivity index is 2.04. The van der Waals surface area contributed by atoms with E-state index in [0.29, 0.717) is 18.9 Å². The Hall–Kier alpha value is -1.06. The summed E-state index contributed by atoms with van der Waals surface area (Å²) in [6.45, 7) is 9.76. The van der Waals surface area contributed by atoms with Gasteiger partial charge in [0.05, 0.1) is 0 Å². The summed E-state index contributed by atoms with van der Waals surface area (Å²) in [6, 6.07) is -0.394. The number of carbonyl (C=O) groups excluding carboxylic acids is 2. The molecule has 2 amide bonds. The quantitative estimate of drug-likeness (QED) is 0.851. The molecule has 0 radical (unpaired) electrons. The zero-order valence-electron chi connectivity index (χ0n) is 13.9. The molecule has 1 atom stereocenters. The second kappa shape index (κ2) is 6.37. The van der Waals surface area contributed by atoms with Gasteiger partial charge in [-0.15, -0.1) is 0 Å². The Morgan fingerprint density at radius 3 is 2.33 bits per heavy atom. The van der Waals surface area contributed by atoms with E-state index in [4.69, 9.17) is 0 Å². The molecular weight excluding hydrogens is 264 g/mol. The van der Waals surface area contributed by atoms with E-state index in [1.54, 1.807) is 0 Å². The molecule has 4 heteroatoms. The average Bonchev–Trinajstić information content (AvgIpc) is 2.54. The van der Waals surface area contributed by atoms with Crippen LogP contribution in [0, 0.1) is 17.3 Å². The van der Waals surface area contributed by atoms with E-state index in [2.05, 4.69) is 12.2 Å². The molecule has 0 aromatic heterocycles. The van der Waals surface area contributed by atoms with Crippen molar-refractivity contribution in [1.82, 2.24) is 10.2 Å². The standard InChI is InChI=1S/C17H30N2O2/c1-12-5-7-13(8-6-12)11-19-10-9-14(20)18-15(16(19)21)17(2,3)4/h12-13,15H,5-11H2,1-4H3,(H,18,20). The summed E-state index contributed by atoms with van der Waals surface area (Å²) in [7, 11) is 0. The lowest BCUT2D eigenvalue weighted by atomic mass is 9.82. The number of rotatable bonds is 2. The fourth-order valence-electron chi connectivity index (χ4n) is 3.42. The second-order valence-corrected chi connectivity index (χ2v) is 8.03. The molecule has 0 aromatic carbocycles. The van der Waals surface area contributed by atoms with Crippen LogP contribution in [0.2, 0.25) is 0 Å². The first-order chi connectivity index (χ1) is 9.77. The summed E-state index contributed by atoms with van der Waals surface area (Å²) in [4.78, 5) is 26.6. The van der Waals surface area contributed by atoms with Gasteiger partial charge in [-0.3, -0.25) is 9.59 Å². The van der Waals surface area contributed by atoms with Gasteiger partial charge in [-0.2, -0.15) is 0 Å². The second-order valence-electron chi connectivity index (χ2n) is 8.03. The van der Waals surface area contributed by atoms with Crippen LogP contribution in [-0.4, -0.2) is 35.8 Å². The first-order valence-corrected chi connectivity index (χ1v) is 8.35. The van der Waals surface area contributed by atoms with Crippen LogP contribution in [0.1, 0.15) is 59.8 Å². The van der Waals surface area contributed by atoms with Crippen molar-refractivity contribution in [2.75, 3.05) is 13.1 Å². The third kappa shape index (κ3) is 4.21. The maximum Gasteiger partial charge on any atom is 0.245 e. The van der Waals surface area contributed by atoms with Gasteiger partial charge >= 0.3 is 0 Å². The number of hydrogen-bond acceptors (Lipinski definition) is 2. The van der Waals surface area contributed by atoms with Crippen molar-refractivity contribution in [3.8, 4) is 0 Å². The van der Waals surface area contributed by atoms with E-state index in [0.717, 1.165) is 12.5 Å². The lowest BCUT2D eigenvalue weighted by molar-refractivity contribution is -0.137. The Morgan fingerprint density at radius 2 is 1.76 bits per heavy atom. The molecule has 1 heterocycles. The van der Waals surface area contributed by atoms with E-state index in [1.165, 1.54) is 25.7 Å². The molecule has 0 spiro atoms. The van der Waals surface area contributed by atoms with Gasteiger partial charge in [0, 0.05) is 19.5 Å². The Labute approximate surface area is 128 Å². The molecule has 120 valence electrons. The molecule has 0 bridgehead atoms. The van der Waals surface area contributed by atoms with Gasteiger partial charge in [-0.1, -0.05) is 40.5 Å². The van der Waals surface area contributed by atoms with Crippen LogP contribution in [-0.2, 0) is 9.59 Å². The largest absolute Gasteiger partial charge is 0.344 e. The monoisotopic (exact) mass is 294 g/mol. The van der Waals surface area contributed by atoms with Gasteiger partial charge in [-0.25, -0.2) is 0 Å². The van der Waals surface area contributed by atoms with Crippen LogP contribution in [0.3, 0.4) is 0 Å². The fourth-order valence-corrected chi connectivity index (χ4v) is 3.42. The van der Waals surface area contributed by atoms with E-state index in [9.17, 15) is 9.59 Å². The third-order valence-corrected chi connectivity index (χ3v) is 4.95. The average molecular weight is 294 g/mol. The van der Waals surface area contributed by atoms with Crippen LogP contribution in [0.4, 0.5) is 0 Å². The predicted octanol–water partition coefficient (Wildman–Crippen LogP) is 2.58. The molecular formula is C17H30N2O2. The number of hydrogen-bond donors (Lipinski definition) is 1. The summed E-state index contributed by atoms with van der Waals surface area (Å²) in [6.07, 6.45) is 5.40. The van der Waals surface area contributed by atoms with Gasteiger partial charge in [0.1, 0.15) is 6.04 Å². The summed E-state index contributed by atoms with van der Waals surface area (Å²) < 4.78 is 0. The zero-order chi connectivity index (χ0) is 15.6. The Bertz CT molecular complexity index is 392. The number of amides is 2. The topological polar surface area (TPSA) is 49.4 Å². The minimum atomic E-state index is -0.394. The van der Waals surface area contributed by atoms with E-state index in [-0.39, 0.29) is 17.2 Å². The lowest BCUT2D eigenvalue weighted by Crippen LogP contribution is -2.52. The molecule has 1 saturated carbocycles. The van der Waals surface area contributed by atoms with Gasteiger partial charge < -0.3 is 10.2 Å². The SMILES string of the molecule is CC1CCC(CN2CCC(=O)NC(C(C)(C)C)C2=O)CC1. The van der Waals surface area contributed by atoms with Crippen molar-refractivity contribution in [1.29, 1.82) is 0 Å². The molecule has 1 N–H and O–H groups in total. The Kier molecular flexibility index (Phi) is 4.95. The van der Waals surface area contributed by atoms with E-state index in [1.807, 2.05) is 25.7 Å². The van der Waals surface area contributed by atoms with Gasteiger partial charge in [-0.05, 0) is 30.1 Å². The molecule has 2 fully saturated rings. The maximum atomic E-state index is 12.8. The van der Waals surface area contributed by atoms with Crippen molar-refractivity contribution in [3.63, 3.8) is 0 Å². The molecule has 2 aliphatic rings. The van der Waals surface area contributed by atoms with E-state index >= 15 is 0 Å². The summed E-state index contributed by atoms with van der Waals surface area (Å²) in [5, 5.41) is 2.91. The van der Waals surface area contributed by atoms with Crippen LogP contribution >= 0.6 is 0 Å². The van der Waals surface area contributed by atoms with Gasteiger partial charge in [0.2, 0.25) is 11.8 Å². The van der Waals surface area contributed by atoms with Crippen LogP contribution in [0.25, 0.3) is 0 Å². The molecule has 21 heavy (non-hydrogen) atoms. The van der Waals surface area contributed by atoms with Gasteiger partial charge in [0.25, 0.3) is 0 Å². The molecule has 1 saturated heterocycles. The highest BCUT2D eigenvalue weighted by molar-refractivity contribution is 5.90. The molecule has 1 aliphatic heterocycles. The zero-order valence-corrected chi connectivity index (χ0v) is 13.9. The van der Waals surface area contributed by atoms with E-state index < -0.39 is 6.04 Å². The molecule has 1 aliphatic carbocycles. The molecule has 1 unspecified atom stereocenters. The highest BCUT2D eigenvalue weighted by Gasteiger charge is 2.38. The lowest BCUT2D eigenvalue weighted by Gasteiger charge is -2.35. The minimum absolute atomic E-state index is 0.00282. The number of carbonyl (C=O) groups is 2. The van der Waals surface area contributed by atoms with Crippen LogP contribution in [0.5, 0.6) is 0 Å². The Morgan fingerprint density at radius 1 is 1.14 bits per heavy atom. The van der Waals surface area contributed by atoms with Crippen LogP contribution in [0.15, 0.2) is 0 Å². The van der Waals surface area contributed by atoms with Gasteiger partial charge in [0.15, 0.2) is 0 Å². The van der Waals surface area contributed by atoms with Crippen molar-refractivity contribution in [2.45, 2.75) is 65.8 Å². The highest BCUT2D eigenvalue weighted by atomic mass is 16.2. The minimum Gasteiger partial charge on any atom is -0.344 e. The third-order valence-electron chi connectivity index (χ3n) is 4.95. The first kappa shape index (κ1) is 16.3. The van der Waals surface area contributed by atoms with Crippen molar-refractivity contribution >= 4 is 11.8 Å². The summed E-state index contributed by atoms with van der Waals surface area (Å²) in [5.41, 5.74) is -0.240. The van der Waals surface area contributed by atoms with Crippen molar-refractivity contribution < 1.29 is 9.59 Å². The summed E-state index contributed by atoms with van der Waals surface area (Å²) >= 11 is 0. The molecule has 0 aromatic rings. The van der Waals surface area contributed by atoms with Crippen molar-refractivity contribution in [3.05, 3.63) is 0 Å². The predicted molar refractivity (Wildman–Crippen MR) is 83.7 cm³/mol. The number of nitrogens with zero attached hydrogens (tertiary/aromatic N) is 1. The number of nitrogens with one attached hydrogen (secondary N) is 1. The fraction of sp³-hybridized carbons (Fsp3) is 0.882. The van der Waals surface area contributed by atoms with Crippen molar-refractivity contribution in [2.24, 2.45) is 17.3 Å². The smallest absolute Gasteiger partial charge is 0.245 e.